The van der Waals surface area contributed by atoms with Crippen LogP contribution in [-0.2, 0) is 11.3 Å². The normalized spacial score (nSPS) is 20.1. The topological polar surface area (TPSA) is 76.5 Å². The summed E-state index contributed by atoms with van der Waals surface area (Å²) >= 11 is 0. The van der Waals surface area contributed by atoms with E-state index in [1.54, 1.807) is 41.0 Å². The fourth-order valence-corrected chi connectivity index (χ4v) is 5.24. The molecule has 5 rings (SSSR count). The van der Waals surface area contributed by atoms with Crippen molar-refractivity contribution in [1.29, 1.82) is 0 Å². The molecule has 1 aliphatic heterocycles. The average Bonchev–Trinajstić information content (AvgIpc) is 3.33. The third-order valence-corrected chi connectivity index (χ3v) is 7.36. The molecule has 3 aromatic rings. The number of carbonyl (C=O) groups excluding carboxylic acids is 2. The largest absolute Gasteiger partial charge is 0.497 e. The summed E-state index contributed by atoms with van der Waals surface area (Å²) in [5.41, 5.74) is 2.56. The van der Waals surface area contributed by atoms with Gasteiger partial charge < -0.3 is 10.1 Å². The van der Waals surface area contributed by atoms with Crippen LogP contribution in [0.4, 0.5) is 5.69 Å². The van der Waals surface area contributed by atoms with Gasteiger partial charge in [0.25, 0.3) is 5.91 Å². The SMILES string of the molecule is C=Cc1ccc(-c2cc3n(n2)CC(C)(C(=O)NC2CCCCC2)N(c2ccc(OC)cc2)C3=O)cc1. The first-order chi connectivity index (χ1) is 17.4. The molecule has 0 radical (unpaired) electrons. The smallest absolute Gasteiger partial charge is 0.277 e. The van der Waals surface area contributed by atoms with E-state index in [9.17, 15) is 9.59 Å². The van der Waals surface area contributed by atoms with Crippen LogP contribution in [0.2, 0.25) is 0 Å². The number of amides is 2. The van der Waals surface area contributed by atoms with Gasteiger partial charge in [-0.2, -0.15) is 5.10 Å². The predicted octanol–water partition coefficient (Wildman–Crippen LogP) is 5.07. The molecule has 1 saturated carbocycles. The molecule has 7 heteroatoms. The molecule has 1 atom stereocenters. The number of rotatable bonds is 6. The Labute approximate surface area is 211 Å². The van der Waals surface area contributed by atoms with E-state index in [4.69, 9.17) is 9.84 Å². The van der Waals surface area contributed by atoms with Crippen LogP contribution < -0.4 is 15.0 Å². The summed E-state index contributed by atoms with van der Waals surface area (Å²) in [5.74, 6) is 0.276. The first-order valence-electron chi connectivity index (χ1n) is 12.5. The molecule has 1 unspecified atom stereocenters. The molecule has 7 nitrogen and oxygen atoms in total. The highest BCUT2D eigenvalue weighted by Crippen LogP contribution is 2.35. The second-order valence-corrected chi connectivity index (χ2v) is 9.82. The molecular weight excluding hydrogens is 452 g/mol. The number of hydrogen-bond donors (Lipinski definition) is 1. The molecule has 1 fully saturated rings. The monoisotopic (exact) mass is 484 g/mol. The maximum atomic E-state index is 14.0. The van der Waals surface area contributed by atoms with Crippen LogP contribution in [0.5, 0.6) is 5.75 Å². The van der Waals surface area contributed by atoms with Crippen molar-refractivity contribution < 1.29 is 14.3 Å². The lowest BCUT2D eigenvalue weighted by Crippen LogP contribution is -2.65. The van der Waals surface area contributed by atoms with Gasteiger partial charge in [-0.15, -0.1) is 0 Å². The summed E-state index contributed by atoms with van der Waals surface area (Å²) in [6.07, 6.45) is 7.15. The van der Waals surface area contributed by atoms with Gasteiger partial charge in [0.1, 0.15) is 17.0 Å². The van der Waals surface area contributed by atoms with Crippen molar-refractivity contribution in [3.63, 3.8) is 0 Å². The number of anilines is 1. The molecule has 0 bridgehead atoms. The van der Waals surface area contributed by atoms with Gasteiger partial charge >= 0.3 is 0 Å². The Morgan fingerprint density at radius 2 is 1.81 bits per heavy atom. The molecule has 1 aromatic heterocycles. The van der Waals surface area contributed by atoms with E-state index in [1.807, 2.05) is 43.3 Å². The fraction of sp³-hybridized carbons (Fsp3) is 0.345. The van der Waals surface area contributed by atoms with Crippen molar-refractivity contribution in [3.05, 3.63) is 72.4 Å². The van der Waals surface area contributed by atoms with E-state index in [0.717, 1.165) is 36.8 Å². The minimum Gasteiger partial charge on any atom is -0.497 e. The third-order valence-electron chi connectivity index (χ3n) is 7.36. The predicted molar refractivity (Wildman–Crippen MR) is 141 cm³/mol. The van der Waals surface area contributed by atoms with Crippen LogP contribution in [0.1, 0.15) is 55.1 Å². The van der Waals surface area contributed by atoms with Crippen molar-refractivity contribution >= 4 is 23.6 Å². The Hall–Kier alpha value is -3.87. The number of fused-ring (bicyclic) bond motifs is 1. The van der Waals surface area contributed by atoms with E-state index in [1.165, 1.54) is 6.42 Å². The van der Waals surface area contributed by atoms with Crippen molar-refractivity contribution in [1.82, 2.24) is 15.1 Å². The highest BCUT2D eigenvalue weighted by Gasteiger charge is 2.49. The van der Waals surface area contributed by atoms with E-state index < -0.39 is 5.54 Å². The highest BCUT2D eigenvalue weighted by atomic mass is 16.5. The Morgan fingerprint density at radius 1 is 1.11 bits per heavy atom. The number of ether oxygens (including phenoxy) is 1. The summed E-state index contributed by atoms with van der Waals surface area (Å²) in [7, 11) is 1.60. The first-order valence-corrected chi connectivity index (χ1v) is 12.5. The van der Waals surface area contributed by atoms with Crippen molar-refractivity contribution in [2.24, 2.45) is 0 Å². The fourth-order valence-electron chi connectivity index (χ4n) is 5.24. The van der Waals surface area contributed by atoms with Crippen LogP contribution in [0.25, 0.3) is 17.3 Å². The molecule has 1 aliphatic carbocycles. The van der Waals surface area contributed by atoms with E-state index in [2.05, 4.69) is 11.9 Å². The van der Waals surface area contributed by atoms with Gasteiger partial charge in [0.05, 0.1) is 19.3 Å². The zero-order valence-electron chi connectivity index (χ0n) is 20.9. The quantitative estimate of drug-likeness (QED) is 0.530. The second-order valence-electron chi connectivity index (χ2n) is 9.82. The minimum absolute atomic E-state index is 0.133. The van der Waals surface area contributed by atoms with Crippen molar-refractivity contribution in [3.8, 4) is 17.0 Å². The first kappa shape index (κ1) is 23.9. The number of carbonyl (C=O) groups is 2. The summed E-state index contributed by atoms with van der Waals surface area (Å²) < 4.78 is 6.99. The second kappa shape index (κ2) is 9.64. The molecule has 2 amide bonds. The Balaban J connectivity index is 1.54. The van der Waals surface area contributed by atoms with Crippen molar-refractivity contribution in [2.45, 2.75) is 57.2 Å². The van der Waals surface area contributed by atoms with Crippen LogP contribution in [0, 0.1) is 0 Å². The molecule has 2 aromatic carbocycles. The standard InChI is InChI=1S/C29H32N4O3/c1-4-20-10-12-21(13-11-20)25-18-26-27(34)33(23-14-16-24(36-3)17-15-23)29(2,19-32(26)31-25)28(35)30-22-8-6-5-7-9-22/h4,10-18,22H,1,5-9,19H2,2-3H3,(H,30,35). The lowest BCUT2D eigenvalue weighted by molar-refractivity contribution is -0.127. The minimum atomic E-state index is -1.15. The Kier molecular flexibility index (Phi) is 6.39. The van der Waals surface area contributed by atoms with Gasteiger partial charge in [0, 0.05) is 17.3 Å². The van der Waals surface area contributed by atoms with E-state index in [-0.39, 0.29) is 24.4 Å². The number of methoxy groups -OCH3 is 1. The van der Waals surface area contributed by atoms with Gasteiger partial charge in [0.2, 0.25) is 5.91 Å². The molecule has 2 aliphatic rings. The van der Waals surface area contributed by atoms with E-state index in [0.29, 0.717) is 22.8 Å². The maximum absolute atomic E-state index is 14.0. The Morgan fingerprint density at radius 3 is 2.44 bits per heavy atom. The molecule has 1 N–H and O–H groups in total. The van der Waals surface area contributed by atoms with Crippen LogP contribution in [0.3, 0.4) is 0 Å². The molecule has 186 valence electrons. The third kappa shape index (κ3) is 4.30. The molecule has 36 heavy (non-hydrogen) atoms. The Bertz CT molecular complexity index is 1270. The summed E-state index contributed by atoms with van der Waals surface area (Å²) in [5, 5.41) is 8.00. The van der Waals surface area contributed by atoms with Crippen molar-refractivity contribution in [2.75, 3.05) is 12.0 Å². The lowest BCUT2D eigenvalue weighted by Gasteiger charge is -2.44. The number of nitrogens with zero attached hydrogens (tertiary/aromatic N) is 3. The zero-order valence-corrected chi connectivity index (χ0v) is 20.9. The lowest BCUT2D eigenvalue weighted by atomic mass is 9.91. The number of hydrogen-bond acceptors (Lipinski definition) is 4. The summed E-state index contributed by atoms with van der Waals surface area (Å²) in [6.45, 7) is 5.89. The van der Waals surface area contributed by atoms with Gasteiger partial charge in [-0.05, 0) is 55.7 Å². The highest BCUT2D eigenvalue weighted by molar-refractivity contribution is 6.12. The van der Waals surface area contributed by atoms with E-state index >= 15 is 0 Å². The summed E-state index contributed by atoms with van der Waals surface area (Å²) in [6, 6.07) is 17.1. The average molecular weight is 485 g/mol. The molecule has 2 heterocycles. The van der Waals surface area contributed by atoms with Gasteiger partial charge in [-0.3, -0.25) is 19.2 Å². The number of nitrogens with one attached hydrogen (secondary N) is 1. The van der Waals surface area contributed by atoms with Gasteiger partial charge in [-0.25, -0.2) is 0 Å². The van der Waals surface area contributed by atoms with Crippen LogP contribution in [-0.4, -0.2) is 40.3 Å². The van der Waals surface area contributed by atoms with Gasteiger partial charge in [-0.1, -0.05) is 56.2 Å². The maximum Gasteiger partial charge on any atom is 0.277 e. The zero-order chi connectivity index (χ0) is 25.3. The number of benzene rings is 2. The van der Waals surface area contributed by atoms with Crippen LogP contribution in [0.15, 0.2) is 61.2 Å². The molecular formula is C29H32N4O3. The van der Waals surface area contributed by atoms with Gasteiger partial charge in [0.15, 0.2) is 0 Å². The summed E-state index contributed by atoms with van der Waals surface area (Å²) in [4.78, 5) is 29.4. The number of aromatic nitrogens is 2. The molecule has 0 spiro atoms. The van der Waals surface area contributed by atoms with Crippen LogP contribution >= 0.6 is 0 Å². The molecule has 0 saturated heterocycles.